The zero-order chi connectivity index (χ0) is 20.7. The molecular formula is C25H26N2O3. The molecule has 1 atom stereocenters. The van der Waals surface area contributed by atoms with E-state index in [1.54, 1.807) is 7.11 Å². The first-order valence-electron chi connectivity index (χ1n) is 10.3. The summed E-state index contributed by atoms with van der Waals surface area (Å²) in [6, 6.07) is 18.9. The van der Waals surface area contributed by atoms with Crippen molar-refractivity contribution >= 4 is 10.9 Å². The smallest absolute Gasteiger partial charge is 0.129 e. The van der Waals surface area contributed by atoms with Gasteiger partial charge in [0.05, 0.1) is 19.7 Å². The van der Waals surface area contributed by atoms with Gasteiger partial charge < -0.3 is 19.2 Å². The molecule has 0 saturated heterocycles. The van der Waals surface area contributed by atoms with Gasteiger partial charge in [0.1, 0.15) is 23.9 Å². The molecule has 0 spiro atoms. The molecule has 30 heavy (non-hydrogen) atoms. The van der Waals surface area contributed by atoms with Crippen LogP contribution in [0.3, 0.4) is 0 Å². The molecule has 3 heterocycles. The molecule has 4 aromatic rings. The number of nitrogens with one attached hydrogen (secondary N) is 1. The first kappa shape index (κ1) is 19.0. The lowest BCUT2D eigenvalue weighted by Crippen LogP contribution is -2.35. The Kier molecular flexibility index (Phi) is 4.85. The van der Waals surface area contributed by atoms with Crippen molar-refractivity contribution in [2.75, 3.05) is 13.7 Å². The molecule has 5 rings (SSSR count). The molecule has 1 unspecified atom stereocenters. The van der Waals surface area contributed by atoms with E-state index in [4.69, 9.17) is 9.15 Å². The highest BCUT2D eigenvalue weighted by Crippen LogP contribution is 2.40. The number of methoxy groups -OCH3 is 1. The van der Waals surface area contributed by atoms with E-state index in [1.165, 1.54) is 27.7 Å². The highest BCUT2D eigenvalue weighted by molar-refractivity contribution is 5.85. The van der Waals surface area contributed by atoms with Gasteiger partial charge in [0.25, 0.3) is 0 Å². The Balaban J connectivity index is 1.60. The number of para-hydroxylation sites is 1. The Labute approximate surface area is 175 Å². The van der Waals surface area contributed by atoms with E-state index in [0.717, 1.165) is 30.0 Å². The number of aromatic nitrogens is 1. The number of ether oxygens (including phenoxy) is 1. The largest absolute Gasteiger partial charge is 0.496 e. The van der Waals surface area contributed by atoms with Crippen molar-refractivity contribution < 1.29 is 14.3 Å². The number of aromatic amines is 1. The average Bonchev–Trinajstić information content (AvgIpc) is 3.37. The zero-order valence-electron chi connectivity index (χ0n) is 17.3. The molecule has 5 heteroatoms. The number of hydrogen-bond donors (Lipinski definition) is 2. The number of benzene rings is 2. The molecule has 0 radical (unpaired) electrons. The number of aryl methyl sites for hydroxylation is 1. The van der Waals surface area contributed by atoms with Gasteiger partial charge in [-0.05, 0) is 54.3 Å². The monoisotopic (exact) mass is 402 g/mol. The highest BCUT2D eigenvalue weighted by Gasteiger charge is 2.32. The molecule has 0 saturated carbocycles. The van der Waals surface area contributed by atoms with Crippen molar-refractivity contribution in [1.29, 1.82) is 0 Å². The minimum atomic E-state index is -0.0761. The first-order valence-corrected chi connectivity index (χ1v) is 10.3. The molecule has 2 aromatic carbocycles. The summed E-state index contributed by atoms with van der Waals surface area (Å²) >= 11 is 0. The molecule has 0 aliphatic carbocycles. The second-order valence-corrected chi connectivity index (χ2v) is 7.94. The minimum Gasteiger partial charge on any atom is -0.496 e. The fraction of sp³-hybridized carbons (Fsp3) is 0.280. The van der Waals surface area contributed by atoms with Crippen molar-refractivity contribution in [3.05, 3.63) is 88.5 Å². The lowest BCUT2D eigenvalue weighted by molar-refractivity contribution is 0.179. The van der Waals surface area contributed by atoms with E-state index in [2.05, 4.69) is 59.3 Å². The predicted octanol–water partition coefficient (Wildman–Crippen LogP) is 4.72. The first-order chi connectivity index (χ1) is 14.7. The van der Waals surface area contributed by atoms with Crippen molar-refractivity contribution in [2.24, 2.45) is 0 Å². The van der Waals surface area contributed by atoms with E-state index in [9.17, 15) is 5.11 Å². The fourth-order valence-corrected chi connectivity index (χ4v) is 4.70. The van der Waals surface area contributed by atoms with Gasteiger partial charge in [-0.3, -0.25) is 4.90 Å². The lowest BCUT2D eigenvalue weighted by Gasteiger charge is -2.36. The molecule has 0 fully saturated rings. The van der Waals surface area contributed by atoms with E-state index < -0.39 is 0 Å². The summed E-state index contributed by atoms with van der Waals surface area (Å²) in [6.45, 7) is 3.62. The highest BCUT2D eigenvalue weighted by atomic mass is 16.5. The van der Waals surface area contributed by atoms with Gasteiger partial charge >= 0.3 is 0 Å². The third kappa shape index (κ3) is 3.20. The predicted molar refractivity (Wildman–Crippen MR) is 117 cm³/mol. The quantitative estimate of drug-likeness (QED) is 0.507. The number of H-pyrrole nitrogens is 1. The maximum atomic E-state index is 9.35. The Morgan fingerprint density at radius 1 is 1.13 bits per heavy atom. The Morgan fingerprint density at radius 3 is 2.73 bits per heavy atom. The standard InChI is InChI=1S/C25H26N2O3/c1-16-13-17(7-10-23(16)29-2)25-24-21(20-5-3-4-6-22(20)26-24)11-12-27(25)14-18-8-9-19(15-28)30-18/h3-10,13,25-26,28H,11-12,14-15H2,1-2H3. The van der Waals surface area contributed by atoms with Crippen LogP contribution in [0.25, 0.3) is 10.9 Å². The lowest BCUT2D eigenvalue weighted by atomic mass is 9.91. The Bertz CT molecular complexity index is 1190. The number of rotatable bonds is 5. The summed E-state index contributed by atoms with van der Waals surface area (Å²) in [5, 5.41) is 10.7. The molecular weight excluding hydrogens is 376 g/mol. The van der Waals surface area contributed by atoms with Crippen LogP contribution in [-0.4, -0.2) is 28.6 Å². The molecule has 5 nitrogen and oxygen atoms in total. The number of nitrogens with zero attached hydrogens (tertiary/aromatic N) is 1. The number of aliphatic hydroxyl groups excluding tert-OH is 1. The third-order valence-corrected chi connectivity index (χ3v) is 6.10. The zero-order valence-corrected chi connectivity index (χ0v) is 17.3. The van der Waals surface area contributed by atoms with E-state index >= 15 is 0 Å². The van der Waals surface area contributed by atoms with Crippen LogP contribution in [0.4, 0.5) is 0 Å². The van der Waals surface area contributed by atoms with Crippen molar-refractivity contribution in [3.8, 4) is 5.75 Å². The van der Waals surface area contributed by atoms with Crippen LogP contribution in [0.15, 0.2) is 59.0 Å². The summed E-state index contributed by atoms with van der Waals surface area (Å²) in [4.78, 5) is 6.14. The fourth-order valence-electron chi connectivity index (χ4n) is 4.70. The summed E-state index contributed by atoms with van der Waals surface area (Å²) in [6.07, 6.45) is 0.985. The van der Waals surface area contributed by atoms with E-state index in [1.807, 2.05) is 12.1 Å². The van der Waals surface area contributed by atoms with Gasteiger partial charge in [0.2, 0.25) is 0 Å². The van der Waals surface area contributed by atoms with Gasteiger partial charge in [0, 0.05) is 23.1 Å². The van der Waals surface area contributed by atoms with E-state index in [-0.39, 0.29) is 12.6 Å². The van der Waals surface area contributed by atoms with E-state index in [0.29, 0.717) is 12.3 Å². The van der Waals surface area contributed by atoms with Crippen LogP contribution in [-0.2, 0) is 19.6 Å². The van der Waals surface area contributed by atoms with Gasteiger partial charge in [-0.25, -0.2) is 0 Å². The Hall–Kier alpha value is -3.02. The van der Waals surface area contributed by atoms with Gasteiger partial charge in [-0.1, -0.05) is 30.3 Å². The SMILES string of the molecule is COc1ccc(C2c3[nH]c4ccccc4c3CCN2Cc2ccc(CO)o2)cc1C. The number of fused-ring (bicyclic) bond motifs is 3. The number of furan rings is 1. The van der Waals surface area contributed by atoms with Crippen molar-refractivity contribution in [2.45, 2.75) is 32.5 Å². The normalized spacial score (nSPS) is 16.7. The molecule has 0 bridgehead atoms. The number of aliphatic hydroxyl groups is 1. The molecule has 2 aromatic heterocycles. The summed E-state index contributed by atoms with van der Waals surface area (Å²) in [7, 11) is 1.71. The molecule has 0 amide bonds. The van der Waals surface area contributed by atoms with Gasteiger partial charge in [-0.15, -0.1) is 0 Å². The molecule has 154 valence electrons. The third-order valence-electron chi connectivity index (χ3n) is 6.10. The van der Waals surface area contributed by atoms with Gasteiger partial charge in [0.15, 0.2) is 0 Å². The second kappa shape index (κ2) is 7.67. The van der Waals surface area contributed by atoms with Crippen LogP contribution in [0.2, 0.25) is 0 Å². The molecule has 1 aliphatic heterocycles. The summed E-state index contributed by atoms with van der Waals surface area (Å²) in [5.74, 6) is 2.37. The maximum absolute atomic E-state index is 9.35. The van der Waals surface area contributed by atoms with Crippen LogP contribution in [0.5, 0.6) is 5.75 Å². The second-order valence-electron chi connectivity index (χ2n) is 7.94. The molecule has 1 aliphatic rings. The van der Waals surface area contributed by atoms with Crippen LogP contribution < -0.4 is 4.74 Å². The Morgan fingerprint density at radius 2 is 1.97 bits per heavy atom. The molecule has 2 N–H and O–H groups in total. The van der Waals surface area contributed by atoms with Crippen LogP contribution in [0, 0.1) is 6.92 Å². The van der Waals surface area contributed by atoms with Crippen molar-refractivity contribution in [3.63, 3.8) is 0 Å². The van der Waals surface area contributed by atoms with Crippen LogP contribution >= 0.6 is 0 Å². The van der Waals surface area contributed by atoms with Crippen LogP contribution in [0.1, 0.15) is 39.9 Å². The van der Waals surface area contributed by atoms with Gasteiger partial charge in [-0.2, -0.15) is 0 Å². The number of hydrogen-bond acceptors (Lipinski definition) is 4. The summed E-state index contributed by atoms with van der Waals surface area (Å²) in [5.41, 5.74) is 6.19. The van der Waals surface area contributed by atoms with Crippen molar-refractivity contribution in [1.82, 2.24) is 9.88 Å². The minimum absolute atomic E-state index is 0.0761. The average molecular weight is 402 g/mol. The summed E-state index contributed by atoms with van der Waals surface area (Å²) < 4.78 is 11.3. The maximum Gasteiger partial charge on any atom is 0.129 e. The topological polar surface area (TPSA) is 61.6 Å².